The molecular formula is C29H22N4O3. The van der Waals surface area contributed by atoms with Gasteiger partial charge in [0.15, 0.2) is 5.60 Å². The van der Waals surface area contributed by atoms with Gasteiger partial charge in [-0.25, -0.2) is 4.98 Å². The average Bonchev–Trinajstić information content (AvgIpc) is 3.34. The lowest BCUT2D eigenvalue weighted by molar-refractivity contribution is 0.117. The summed E-state index contributed by atoms with van der Waals surface area (Å²) in [7, 11) is 3.57. The minimum absolute atomic E-state index is 0.131. The van der Waals surface area contributed by atoms with Crippen LogP contribution in [0.25, 0.3) is 22.0 Å². The van der Waals surface area contributed by atoms with E-state index < -0.39 is 5.60 Å². The smallest absolute Gasteiger partial charge is 0.251 e. The number of ether oxygens (including phenoxy) is 1. The van der Waals surface area contributed by atoms with Crippen LogP contribution in [0.1, 0.15) is 27.9 Å². The van der Waals surface area contributed by atoms with Gasteiger partial charge in [0.1, 0.15) is 12.4 Å². The highest BCUT2D eigenvalue weighted by atomic mass is 16.5. The molecule has 2 aromatic heterocycles. The molecule has 3 heterocycles. The van der Waals surface area contributed by atoms with Crippen molar-refractivity contribution in [3.63, 3.8) is 0 Å². The molecule has 36 heavy (non-hydrogen) atoms. The predicted molar refractivity (Wildman–Crippen MR) is 135 cm³/mol. The predicted octanol–water partition coefficient (Wildman–Crippen LogP) is 3.99. The van der Waals surface area contributed by atoms with Gasteiger partial charge in [-0.1, -0.05) is 24.3 Å². The van der Waals surface area contributed by atoms with Crippen LogP contribution < -0.4 is 10.3 Å². The third-order valence-electron chi connectivity index (χ3n) is 7.03. The Labute approximate surface area is 207 Å². The summed E-state index contributed by atoms with van der Waals surface area (Å²) in [4.78, 5) is 17.1. The van der Waals surface area contributed by atoms with Crippen molar-refractivity contribution in [3.8, 4) is 22.9 Å². The van der Waals surface area contributed by atoms with Crippen LogP contribution in [-0.4, -0.2) is 19.2 Å². The standard InChI is InChI=1S/C29H22N4O3/c1-32-17-31-15-27(32)29(35)21-7-6-19(14-30)20(10-21)16-36-23-5-3-4-18(11-23)24-13-28(34)33(2)26-9-8-22(29)12-25(24)26/h3-13,15,17,35H,16H2,1-2H3. The zero-order chi connectivity index (χ0) is 25.0. The first-order valence-corrected chi connectivity index (χ1v) is 11.5. The molecule has 0 spiro atoms. The number of fused-ring (bicyclic) bond motifs is 6. The Morgan fingerprint density at radius 2 is 1.86 bits per heavy atom. The van der Waals surface area contributed by atoms with Crippen molar-refractivity contribution in [2.45, 2.75) is 12.2 Å². The number of nitriles is 1. The zero-order valence-corrected chi connectivity index (χ0v) is 19.8. The lowest BCUT2D eigenvalue weighted by Gasteiger charge is -2.31. The molecule has 6 rings (SSSR count). The van der Waals surface area contributed by atoms with Crippen LogP contribution in [0.3, 0.4) is 0 Å². The molecule has 1 aliphatic rings. The maximum Gasteiger partial charge on any atom is 0.251 e. The Bertz CT molecular complexity index is 1780. The Balaban J connectivity index is 1.77. The summed E-state index contributed by atoms with van der Waals surface area (Å²) in [5.41, 5.74) is 3.50. The highest BCUT2D eigenvalue weighted by molar-refractivity contribution is 5.95. The normalized spacial score (nSPS) is 16.5. The number of rotatable bonds is 1. The van der Waals surface area contributed by atoms with E-state index in [1.54, 1.807) is 46.9 Å². The van der Waals surface area contributed by atoms with Crippen LogP contribution >= 0.6 is 0 Å². The van der Waals surface area contributed by atoms with Crippen molar-refractivity contribution in [2.75, 3.05) is 0 Å². The lowest BCUT2D eigenvalue weighted by Crippen LogP contribution is -2.31. The molecule has 7 heteroatoms. The zero-order valence-electron chi connectivity index (χ0n) is 19.8. The molecule has 3 aromatic carbocycles. The molecule has 1 atom stereocenters. The fraction of sp³-hybridized carbons (Fsp3) is 0.138. The first kappa shape index (κ1) is 21.8. The summed E-state index contributed by atoms with van der Waals surface area (Å²) >= 11 is 0. The number of pyridine rings is 1. The van der Waals surface area contributed by atoms with Crippen molar-refractivity contribution < 1.29 is 9.84 Å². The number of imidazole rings is 1. The second-order valence-electron chi connectivity index (χ2n) is 9.09. The Morgan fingerprint density at radius 1 is 1.06 bits per heavy atom. The average molecular weight is 475 g/mol. The van der Waals surface area contributed by atoms with Gasteiger partial charge in [0.2, 0.25) is 0 Å². The summed E-state index contributed by atoms with van der Waals surface area (Å²) in [5.74, 6) is 0.618. The number of aryl methyl sites for hydroxylation is 2. The van der Waals surface area contributed by atoms with Crippen molar-refractivity contribution in [2.24, 2.45) is 14.1 Å². The van der Waals surface area contributed by atoms with Gasteiger partial charge in [0.25, 0.3) is 5.56 Å². The van der Waals surface area contributed by atoms with Gasteiger partial charge in [0, 0.05) is 31.1 Å². The van der Waals surface area contributed by atoms with Crippen molar-refractivity contribution in [1.82, 2.24) is 14.1 Å². The number of aliphatic hydroxyl groups is 1. The van der Waals surface area contributed by atoms with E-state index >= 15 is 0 Å². The summed E-state index contributed by atoms with van der Waals surface area (Å²) in [6.45, 7) is 0.144. The van der Waals surface area contributed by atoms with Gasteiger partial charge in [-0.2, -0.15) is 5.26 Å². The van der Waals surface area contributed by atoms with E-state index in [4.69, 9.17) is 4.74 Å². The van der Waals surface area contributed by atoms with Gasteiger partial charge in [-0.15, -0.1) is 0 Å². The van der Waals surface area contributed by atoms with Gasteiger partial charge >= 0.3 is 0 Å². The second-order valence-corrected chi connectivity index (χ2v) is 9.09. The SMILES string of the molecule is Cn1cncc1C1(O)c2ccc(C#N)c(c2)COc2cccc(c2)-c2cc(=O)n(C)c3ccc1cc23. The monoisotopic (exact) mass is 474 g/mol. The molecule has 0 amide bonds. The number of nitrogens with zero attached hydrogens (tertiary/aromatic N) is 4. The van der Waals surface area contributed by atoms with Gasteiger partial charge in [0.05, 0.1) is 35.4 Å². The molecule has 1 N–H and O–H groups in total. The van der Waals surface area contributed by atoms with E-state index in [9.17, 15) is 15.2 Å². The Hall–Kier alpha value is -4.67. The topological polar surface area (TPSA) is 93.1 Å². The number of hydrogen-bond donors (Lipinski definition) is 1. The highest BCUT2D eigenvalue weighted by Gasteiger charge is 2.37. The molecule has 7 nitrogen and oxygen atoms in total. The Kier molecular flexibility index (Phi) is 4.82. The van der Waals surface area contributed by atoms with Gasteiger partial charge in [-0.05, 0) is 58.7 Å². The first-order chi connectivity index (χ1) is 17.4. The fourth-order valence-corrected chi connectivity index (χ4v) is 5.05. The maximum absolute atomic E-state index is 12.9. The van der Waals surface area contributed by atoms with E-state index in [0.29, 0.717) is 33.7 Å². The number of aromatic nitrogens is 3. The van der Waals surface area contributed by atoms with Crippen molar-refractivity contribution in [3.05, 3.63) is 118 Å². The van der Waals surface area contributed by atoms with E-state index in [1.165, 1.54) is 0 Å². The molecule has 0 aliphatic carbocycles. The van der Waals surface area contributed by atoms with E-state index in [2.05, 4.69) is 11.1 Å². The third-order valence-corrected chi connectivity index (χ3v) is 7.03. The summed E-state index contributed by atoms with van der Waals surface area (Å²) in [5, 5.41) is 23.1. The molecule has 0 saturated heterocycles. The summed E-state index contributed by atoms with van der Waals surface area (Å²) < 4.78 is 9.48. The molecule has 0 radical (unpaired) electrons. The molecule has 5 aromatic rings. The quantitative estimate of drug-likeness (QED) is 0.397. The van der Waals surface area contributed by atoms with Gasteiger partial charge < -0.3 is 19.0 Å². The van der Waals surface area contributed by atoms with Crippen LogP contribution in [0.4, 0.5) is 0 Å². The first-order valence-electron chi connectivity index (χ1n) is 11.5. The molecule has 176 valence electrons. The van der Waals surface area contributed by atoms with E-state index in [-0.39, 0.29) is 12.2 Å². The molecule has 0 fully saturated rings. The molecular weight excluding hydrogens is 452 g/mol. The van der Waals surface area contributed by atoms with Crippen molar-refractivity contribution in [1.29, 1.82) is 5.26 Å². The lowest BCUT2D eigenvalue weighted by atomic mass is 9.81. The van der Waals surface area contributed by atoms with E-state index in [1.807, 2.05) is 55.6 Å². The number of hydrogen-bond acceptors (Lipinski definition) is 5. The van der Waals surface area contributed by atoms with E-state index in [0.717, 1.165) is 22.0 Å². The summed E-state index contributed by atoms with van der Waals surface area (Å²) in [6.07, 6.45) is 3.28. The Morgan fingerprint density at radius 3 is 2.64 bits per heavy atom. The van der Waals surface area contributed by atoms with Crippen molar-refractivity contribution >= 4 is 10.9 Å². The van der Waals surface area contributed by atoms with Crippen LogP contribution in [0.15, 0.2) is 84.0 Å². The molecule has 6 bridgehead atoms. The summed E-state index contributed by atoms with van der Waals surface area (Å²) in [6, 6.07) is 22.3. The third kappa shape index (κ3) is 3.16. The number of benzene rings is 3. The minimum Gasteiger partial charge on any atom is -0.489 e. The molecule has 1 unspecified atom stereocenters. The molecule has 0 saturated carbocycles. The largest absolute Gasteiger partial charge is 0.489 e. The van der Waals surface area contributed by atoms with Crippen LogP contribution in [0.2, 0.25) is 0 Å². The van der Waals surface area contributed by atoms with Crippen LogP contribution in [0, 0.1) is 11.3 Å². The second kappa shape index (κ2) is 7.94. The van der Waals surface area contributed by atoms with Crippen LogP contribution in [-0.2, 0) is 26.3 Å². The maximum atomic E-state index is 12.9. The minimum atomic E-state index is -1.58. The van der Waals surface area contributed by atoms with Crippen LogP contribution in [0.5, 0.6) is 5.75 Å². The van der Waals surface area contributed by atoms with Gasteiger partial charge in [-0.3, -0.25) is 4.79 Å². The fourth-order valence-electron chi connectivity index (χ4n) is 5.05. The molecule has 1 aliphatic heterocycles. The highest BCUT2D eigenvalue weighted by Crippen LogP contribution is 2.40.